The van der Waals surface area contributed by atoms with E-state index in [1.807, 2.05) is 12.1 Å². The average Bonchev–Trinajstić information content (AvgIpc) is 2.88. The Labute approximate surface area is 115 Å². The molecule has 1 heterocycles. The molecule has 1 aromatic carbocycles. The summed E-state index contributed by atoms with van der Waals surface area (Å²) in [6, 6.07) is 6.82. The van der Waals surface area contributed by atoms with Gasteiger partial charge in [-0.1, -0.05) is 38.3 Å². The predicted octanol–water partition coefficient (Wildman–Crippen LogP) is 3.48. The number of hydrogen-bond donors (Lipinski definition) is 1. The van der Waals surface area contributed by atoms with Gasteiger partial charge in [-0.15, -0.1) is 0 Å². The van der Waals surface area contributed by atoms with Gasteiger partial charge in [-0.2, -0.15) is 0 Å². The topological polar surface area (TPSA) is 21.3 Å². The summed E-state index contributed by atoms with van der Waals surface area (Å²) in [6.45, 7) is 4.87. The zero-order valence-corrected chi connectivity index (χ0v) is 11.7. The third-order valence-electron chi connectivity index (χ3n) is 3.79. The Morgan fingerprint density at radius 3 is 2.68 bits per heavy atom. The summed E-state index contributed by atoms with van der Waals surface area (Å²) in [5, 5.41) is 3.37. The number of ether oxygens (including phenoxy) is 1. The lowest BCUT2D eigenvalue weighted by Gasteiger charge is -2.19. The lowest BCUT2D eigenvalue weighted by Crippen LogP contribution is -2.22. The molecule has 2 nitrogen and oxygen atoms in total. The number of rotatable bonds is 7. The van der Waals surface area contributed by atoms with Crippen molar-refractivity contribution in [3.63, 3.8) is 0 Å². The standard InChI is InChI=1S/C16H24FNO/c1-2-3-4-5-10-19-16-12-18-11-15(16)13-6-8-14(17)9-7-13/h6-9,15-16,18H,2-5,10-12H2,1H3/t15-,16+/m1/s1. The van der Waals surface area contributed by atoms with E-state index in [0.29, 0.717) is 5.92 Å². The van der Waals surface area contributed by atoms with Crippen LogP contribution in [0.1, 0.15) is 44.1 Å². The molecule has 0 spiro atoms. The highest BCUT2D eigenvalue weighted by molar-refractivity contribution is 5.23. The highest BCUT2D eigenvalue weighted by Gasteiger charge is 2.28. The molecule has 1 aliphatic heterocycles. The van der Waals surface area contributed by atoms with Gasteiger partial charge < -0.3 is 10.1 Å². The number of nitrogens with one attached hydrogen (secondary N) is 1. The van der Waals surface area contributed by atoms with Crippen molar-refractivity contribution in [3.8, 4) is 0 Å². The summed E-state index contributed by atoms with van der Waals surface area (Å²) < 4.78 is 18.9. The molecule has 0 bridgehead atoms. The van der Waals surface area contributed by atoms with Crippen LogP contribution in [0.15, 0.2) is 24.3 Å². The van der Waals surface area contributed by atoms with Crippen LogP contribution < -0.4 is 5.32 Å². The van der Waals surface area contributed by atoms with Crippen LogP contribution in [0.4, 0.5) is 4.39 Å². The Morgan fingerprint density at radius 2 is 1.95 bits per heavy atom. The molecular formula is C16H24FNO. The second-order valence-corrected chi connectivity index (χ2v) is 5.29. The summed E-state index contributed by atoms with van der Waals surface area (Å²) >= 11 is 0. The van der Waals surface area contributed by atoms with Gasteiger partial charge in [-0.05, 0) is 24.1 Å². The van der Waals surface area contributed by atoms with Crippen molar-refractivity contribution < 1.29 is 9.13 Å². The number of benzene rings is 1. The van der Waals surface area contributed by atoms with Crippen molar-refractivity contribution in [3.05, 3.63) is 35.6 Å². The molecule has 0 amide bonds. The first kappa shape index (κ1) is 14.5. The number of halogens is 1. The Hall–Kier alpha value is -0.930. The van der Waals surface area contributed by atoms with Crippen molar-refractivity contribution in [1.82, 2.24) is 5.32 Å². The largest absolute Gasteiger partial charge is 0.376 e. The van der Waals surface area contributed by atoms with E-state index in [4.69, 9.17) is 4.74 Å². The molecule has 1 aliphatic rings. The molecule has 3 heteroatoms. The Balaban J connectivity index is 1.81. The van der Waals surface area contributed by atoms with E-state index >= 15 is 0 Å². The van der Waals surface area contributed by atoms with Gasteiger partial charge in [-0.25, -0.2) is 4.39 Å². The van der Waals surface area contributed by atoms with Crippen molar-refractivity contribution in [2.45, 2.75) is 44.6 Å². The first-order chi connectivity index (χ1) is 9.31. The molecule has 0 aliphatic carbocycles. The second-order valence-electron chi connectivity index (χ2n) is 5.29. The van der Waals surface area contributed by atoms with Gasteiger partial charge in [0.25, 0.3) is 0 Å². The predicted molar refractivity (Wildman–Crippen MR) is 75.9 cm³/mol. The maximum atomic E-state index is 12.9. The molecule has 2 rings (SSSR count). The molecule has 2 atom stereocenters. The number of unbranched alkanes of at least 4 members (excludes halogenated alkanes) is 3. The molecule has 0 aromatic heterocycles. The third kappa shape index (κ3) is 4.29. The van der Waals surface area contributed by atoms with Crippen molar-refractivity contribution >= 4 is 0 Å². The van der Waals surface area contributed by atoms with E-state index in [-0.39, 0.29) is 11.9 Å². The van der Waals surface area contributed by atoms with E-state index in [1.54, 1.807) is 0 Å². The molecule has 1 fully saturated rings. The van der Waals surface area contributed by atoms with E-state index in [1.165, 1.54) is 37.0 Å². The fraction of sp³-hybridized carbons (Fsp3) is 0.625. The van der Waals surface area contributed by atoms with Crippen LogP contribution in [0.25, 0.3) is 0 Å². The van der Waals surface area contributed by atoms with Crippen LogP contribution in [-0.4, -0.2) is 25.8 Å². The lowest BCUT2D eigenvalue weighted by molar-refractivity contribution is 0.0532. The average molecular weight is 265 g/mol. The van der Waals surface area contributed by atoms with Crippen LogP contribution in [-0.2, 0) is 4.74 Å². The fourth-order valence-electron chi connectivity index (χ4n) is 2.64. The zero-order valence-electron chi connectivity index (χ0n) is 11.7. The minimum Gasteiger partial charge on any atom is -0.376 e. The molecule has 0 radical (unpaired) electrons. The molecule has 19 heavy (non-hydrogen) atoms. The smallest absolute Gasteiger partial charge is 0.123 e. The maximum absolute atomic E-state index is 12.9. The lowest BCUT2D eigenvalue weighted by atomic mass is 9.96. The molecule has 1 saturated heterocycles. The van der Waals surface area contributed by atoms with Gasteiger partial charge in [-0.3, -0.25) is 0 Å². The second kappa shape index (κ2) is 7.61. The van der Waals surface area contributed by atoms with E-state index in [2.05, 4.69) is 12.2 Å². The van der Waals surface area contributed by atoms with Crippen LogP contribution in [0.2, 0.25) is 0 Å². The first-order valence-electron chi connectivity index (χ1n) is 7.39. The van der Waals surface area contributed by atoms with Crippen molar-refractivity contribution in [2.24, 2.45) is 0 Å². The first-order valence-corrected chi connectivity index (χ1v) is 7.39. The number of hydrogen-bond acceptors (Lipinski definition) is 2. The summed E-state index contributed by atoms with van der Waals surface area (Å²) in [5.41, 5.74) is 1.17. The van der Waals surface area contributed by atoms with Gasteiger partial charge in [0, 0.05) is 25.6 Å². The van der Waals surface area contributed by atoms with E-state index in [0.717, 1.165) is 26.1 Å². The van der Waals surface area contributed by atoms with Gasteiger partial charge in [0.2, 0.25) is 0 Å². The van der Waals surface area contributed by atoms with E-state index in [9.17, 15) is 4.39 Å². The van der Waals surface area contributed by atoms with Gasteiger partial charge in [0.05, 0.1) is 6.10 Å². The highest BCUT2D eigenvalue weighted by atomic mass is 19.1. The van der Waals surface area contributed by atoms with Gasteiger partial charge in [0.15, 0.2) is 0 Å². The Bertz CT molecular complexity index is 366. The van der Waals surface area contributed by atoms with Crippen LogP contribution in [0, 0.1) is 5.82 Å². The zero-order chi connectivity index (χ0) is 13.5. The molecular weight excluding hydrogens is 241 g/mol. The normalized spacial score (nSPS) is 22.8. The Morgan fingerprint density at radius 1 is 1.16 bits per heavy atom. The Kier molecular flexibility index (Phi) is 5.80. The quantitative estimate of drug-likeness (QED) is 0.762. The van der Waals surface area contributed by atoms with Crippen molar-refractivity contribution in [2.75, 3.05) is 19.7 Å². The third-order valence-corrected chi connectivity index (χ3v) is 3.79. The molecule has 1 N–H and O–H groups in total. The van der Waals surface area contributed by atoms with E-state index < -0.39 is 0 Å². The fourth-order valence-corrected chi connectivity index (χ4v) is 2.64. The minimum atomic E-state index is -0.174. The van der Waals surface area contributed by atoms with Crippen LogP contribution in [0.5, 0.6) is 0 Å². The van der Waals surface area contributed by atoms with Crippen LogP contribution in [0.3, 0.4) is 0 Å². The van der Waals surface area contributed by atoms with Gasteiger partial charge in [0.1, 0.15) is 5.82 Å². The van der Waals surface area contributed by atoms with Crippen LogP contribution >= 0.6 is 0 Å². The summed E-state index contributed by atoms with van der Waals surface area (Å²) in [6.07, 6.45) is 5.15. The molecule has 106 valence electrons. The molecule has 0 saturated carbocycles. The monoisotopic (exact) mass is 265 g/mol. The summed E-state index contributed by atoms with van der Waals surface area (Å²) in [7, 11) is 0. The highest BCUT2D eigenvalue weighted by Crippen LogP contribution is 2.25. The molecule has 0 unspecified atom stereocenters. The minimum absolute atomic E-state index is 0.174. The SMILES string of the molecule is CCCCCCO[C@H]1CNC[C@@H]1c1ccc(F)cc1. The maximum Gasteiger partial charge on any atom is 0.123 e. The summed E-state index contributed by atoms with van der Waals surface area (Å²) in [4.78, 5) is 0. The van der Waals surface area contributed by atoms with Crippen molar-refractivity contribution in [1.29, 1.82) is 0 Å². The van der Waals surface area contributed by atoms with Gasteiger partial charge >= 0.3 is 0 Å². The summed E-state index contributed by atoms with van der Waals surface area (Å²) in [5.74, 6) is 0.179. The molecule has 1 aromatic rings.